The Kier molecular flexibility index (Phi) is 4.28. The number of nitrogens with zero attached hydrogens (tertiary/aromatic N) is 2. The highest BCUT2D eigenvalue weighted by Crippen LogP contribution is 2.39. The topological polar surface area (TPSA) is 9.86 Å². The Morgan fingerprint density at radius 2 is 1.44 bits per heavy atom. The van der Waals surface area contributed by atoms with Crippen molar-refractivity contribution in [1.29, 1.82) is 0 Å². The van der Waals surface area contributed by atoms with Gasteiger partial charge in [0.15, 0.2) is 0 Å². The summed E-state index contributed by atoms with van der Waals surface area (Å²) in [6.07, 6.45) is 16.0. The van der Waals surface area contributed by atoms with E-state index in [1.807, 2.05) is 0 Å². The van der Waals surface area contributed by atoms with Crippen molar-refractivity contribution < 1.29 is 0 Å². The van der Waals surface area contributed by atoms with E-state index in [1.54, 1.807) is 0 Å². The third kappa shape index (κ3) is 2.75. The second kappa shape index (κ2) is 7.50. The predicted molar refractivity (Wildman–Crippen MR) is 146 cm³/mol. The molecule has 0 N–H and O–H groups in total. The Hall–Kier alpha value is -4.04. The molecule has 5 aromatic rings. The molecule has 0 spiro atoms. The summed E-state index contributed by atoms with van der Waals surface area (Å²) in [5.41, 5.74) is 9.16. The van der Waals surface area contributed by atoms with Gasteiger partial charge in [-0.25, -0.2) is 0 Å². The van der Waals surface area contributed by atoms with Crippen LogP contribution in [0.2, 0.25) is 0 Å². The average molecular weight is 439 g/mol. The van der Waals surface area contributed by atoms with Crippen molar-refractivity contribution in [2.45, 2.75) is 19.8 Å². The third-order valence-electron chi connectivity index (χ3n) is 7.42. The highest BCUT2D eigenvalue weighted by atomic mass is 15.0. The first-order valence-corrected chi connectivity index (χ1v) is 12.2. The zero-order valence-electron chi connectivity index (χ0n) is 19.3. The summed E-state index contributed by atoms with van der Waals surface area (Å²) in [6.45, 7) is 2.30. The lowest BCUT2D eigenvalue weighted by atomic mass is 9.93. The van der Waals surface area contributed by atoms with E-state index in [2.05, 4.69) is 125 Å². The van der Waals surface area contributed by atoms with Crippen molar-refractivity contribution in [2.24, 2.45) is 5.92 Å². The van der Waals surface area contributed by atoms with Crippen LogP contribution in [0.5, 0.6) is 0 Å². The monoisotopic (exact) mass is 438 g/mol. The maximum Gasteiger partial charge on any atom is 0.0541 e. The summed E-state index contributed by atoms with van der Waals surface area (Å²) in [4.78, 5) is 0. The van der Waals surface area contributed by atoms with Crippen LogP contribution in [0.15, 0.2) is 103 Å². The summed E-state index contributed by atoms with van der Waals surface area (Å²) >= 11 is 0. The number of allylic oxidation sites excluding steroid dienone is 6. The minimum Gasteiger partial charge on any atom is -0.316 e. The molecule has 2 heterocycles. The van der Waals surface area contributed by atoms with Gasteiger partial charge in [-0.2, -0.15) is 0 Å². The van der Waals surface area contributed by atoms with Gasteiger partial charge in [-0.3, -0.25) is 0 Å². The summed E-state index contributed by atoms with van der Waals surface area (Å²) in [5.74, 6) is 0.310. The first-order chi connectivity index (χ1) is 16.8. The van der Waals surface area contributed by atoms with Gasteiger partial charge in [-0.05, 0) is 54.3 Å². The van der Waals surface area contributed by atoms with E-state index in [0.29, 0.717) is 5.92 Å². The van der Waals surface area contributed by atoms with E-state index < -0.39 is 0 Å². The Morgan fingerprint density at radius 1 is 0.794 bits per heavy atom. The van der Waals surface area contributed by atoms with E-state index in [9.17, 15) is 0 Å². The van der Waals surface area contributed by atoms with Crippen LogP contribution < -0.4 is 0 Å². The zero-order chi connectivity index (χ0) is 22.6. The molecule has 0 saturated carbocycles. The summed E-state index contributed by atoms with van der Waals surface area (Å²) < 4.78 is 4.87. The van der Waals surface area contributed by atoms with Gasteiger partial charge in [0.2, 0.25) is 0 Å². The van der Waals surface area contributed by atoms with E-state index in [4.69, 9.17) is 0 Å². The molecule has 0 amide bonds. The van der Waals surface area contributed by atoms with Gasteiger partial charge in [0, 0.05) is 34.0 Å². The van der Waals surface area contributed by atoms with Crippen molar-refractivity contribution in [3.05, 3.63) is 114 Å². The van der Waals surface area contributed by atoms with Gasteiger partial charge in [0.25, 0.3) is 0 Å². The molecule has 2 aromatic heterocycles. The van der Waals surface area contributed by atoms with Gasteiger partial charge in [0.05, 0.1) is 22.2 Å². The Labute approximate surface area is 199 Å². The first-order valence-electron chi connectivity index (χ1n) is 12.2. The number of hydrogen-bond donors (Lipinski definition) is 0. The van der Waals surface area contributed by atoms with Crippen LogP contribution in [0.1, 0.15) is 24.6 Å². The van der Waals surface area contributed by atoms with E-state index in [1.165, 1.54) is 55.2 Å². The minimum absolute atomic E-state index is 0.310. The Morgan fingerprint density at radius 3 is 2.18 bits per heavy atom. The number of fused-ring (bicyclic) bond motifs is 6. The van der Waals surface area contributed by atoms with Crippen LogP contribution in [0, 0.1) is 5.92 Å². The maximum atomic E-state index is 2.45. The Balaban J connectivity index is 1.52. The van der Waals surface area contributed by atoms with Crippen molar-refractivity contribution >= 4 is 50.7 Å². The smallest absolute Gasteiger partial charge is 0.0541 e. The molecule has 0 bridgehead atoms. The number of hydrogen-bond acceptors (Lipinski definition) is 0. The van der Waals surface area contributed by atoms with E-state index in [0.717, 1.165) is 12.8 Å². The van der Waals surface area contributed by atoms with E-state index in [-0.39, 0.29) is 0 Å². The van der Waals surface area contributed by atoms with Crippen LogP contribution >= 0.6 is 0 Å². The largest absolute Gasteiger partial charge is 0.316 e. The first kappa shape index (κ1) is 19.4. The summed E-state index contributed by atoms with van der Waals surface area (Å²) in [7, 11) is 0. The average Bonchev–Trinajstić information content (AvgIpc) is 3.39. The number of benzene rings is 3. The predicted octanol–water partition coefficient (Wildman–Crippen LogP) is 8.30. The van der Waals surface area contributed by atoms with Gasteiger partial charge in [-0.1, -0.05) is 79.7 Å². The lowest BCUT2D eigenvalue weighted by molar-refractivity contribution is 0.871. The highest BCUT2D eigenvalue weighted by molar-refractivity contribution is 6.11. The zero-order valence-corrected chi connectivity index (χ0v) is 19.3. The normalized spacial score (nSPS) is 18.8. The fraction of sp³-hybridized carbons (Fsp3) is 0.125. The van der Waals surface area contributed by atoms with Crippen molar-refractivity contribution in [2.75, 3.05) is 0 Å². The lowest BCUT2D eigenvalue weighted by Gasteiger charge is -2.23. The molecule has 2 aliphatic carbocycles. The molecule has 0 saturated heterocycles. The van der Waals surface area contributed by atoms with Crippen LogP contribution in [0.25, 0.3) is 50.7 Å². The lowest BCUT2D eigenvalue weighted by Crippen LogP contribution is -2.10. The molecule has 34 heavy (non-hydrogen) atoms. The van der Waals surface area contributed by atoms with Gasteiger partial charge in [-0.15, -0.1) is 0 Å². The van der Waals surface area contributed by atoms with Crippen LogP contribution in [-0.2, 0) is 6.42 Å². The maximum absolute atomic E-state index is 2.45. The fourth-order valence-electron chi connectivity index (χ4n) is 5.81. The summed E-state index contributed by atoms with van der Waals surface area (Å²) in [5, 5.41) is 3.97. The molecular weight excluding hydrogens is 412 g/mol. The van der Waals surface area contributed by atoms with Crippen molar-refractivity contribution in [1.82, 2.24) is 9.13 Å². The molecule has 0 fully saturated rings. The quantitative estimate of drug-likeness (QED) is 0.262. The molecular formula is C32H26N2. The second-order valence-electron chi connectivity index (χ2n) is 9.37. The molecule has 2 heteroatoms. The Bertz CT molecular complexity index is 1660. The molecule has 3 aromatic carbocycles. The number of aryl methyl sites for hydroxylation is 1. The molecule has 2 nitrogen and oxygen atoms in total. The summed E-state index contributed by atoms with van der Waals surface area (Å²) in [6, 6.07) is 26.4. The molecule has 0 unspecified atom stereocenters. The molecule has 0 aliphatic heterocycles. The molecule has 2 aliphatic rings. The molecule has 7 rings (SSSR count). The third-order valence-corrected chi connectivity index (χ3v) is 7.42. The van der Waals surface area contributed by atoms with Crippen molar-refractivity contribution in [3.63, 3.8) is 0 Å². The second-order valence-corrected chi connectivity index (χ2v) is 9.37. The van der Waals surface area contributed by atoms with Crippen LogP contribution in [0.3, 0.4) is 0 Å². The molecule has 0 radical (unpaired) electrons. The minimum atomic E-state index is 0.310. The standard InChI is InChI=1S/C32H26N2/c1-22-11-10-20-32(34-30-18-8-4-14-25(30)26-15-5-9-19-31(26)34)27(22)21-33-28-16-6-2-12-23(28)24-13-3-7-17-29(24)33/h2,4-12,14-22H,3,13H2,1H3/b27-21-/t22-/m0/s1. The van der Waals surface area contributed by atoms with Gasteiger partial charge in [0.1, 0.15) is 0 Å². The van der Waals surface area contributed by atoms with E-state index >= 15 is 0 Å². The van der Waals surface area contributed by atoms with Gasteiger partial charge < -0.3 is 9.13 Å². The number of para-hydroxylation sites is 3. The van der Waals surface area contributed by atoms with Crippen LogP contribution in [-0.4, -0.2) is 9.13 Å². The number of aromatic nitrogens is 2. The highest BCUT2D eigenvalue weighted by Gasteiger charge is 2.22. The molecule has 1 atom stereocenters. The number of rotatable bonds is 2. The van der Waals surface area contributed by atoms with Crippen LogP contribution in [0.4, 0.5) is 0 Å². The fourth-order valence-corrected chi connectivity index (χ4v) is 5.81. The van der Waals surface area contributed by atoms with Gasteiger partial charge >= 0.3 is 0 Å². The van der Waals surface area contributed by atoms with Crippen molar-refractivity contribution in [3.8, 4) is 0 Å². The molecule has 164 valence electrons. The SMILES string of the molecule is C[C@H]1C=CC=C(n2c3ccccc3c3ccccc32)/C1=C\n1c2c(c3ccccc31)CCC=C2.